The van der Waals surface area contributed by atoms with Gasteiger partial charge in [-0.15, -0.1) is 0 Å². The molecule has 1 rings (SSSR count). The second-order valence-electron chi connectivity index (χ2n) is 3.18. The van der Waals surface area contributed by atoms with Crippen LogP contribution >= 0.6 is 0 Å². The Bertz CT molecular complexity index is 365. The highest BCUT2D eigenvalue weighted by atomic mass is 16.4. The van der Waals surface area contributed by atoms with E-state index in [1.807, 2.05) is 0 Å². The van der Waals surface area contributed by atoms with Crippen LogP contribution < -0.4 is 10.4 Å². The van der Waals surface area contributed by atoms with Gasteiger partial charge >= 0.3 is 5.97 Å². The van der Waals surface area contributed by atoms with Crippen molar-refractivity contribution in [1.29, 1.82) is 0 Å². The first kappa shape index (κ1) is 16.2. The predicted octanol–water partition coefficient (Wildman–Crippen LogP) is -1.28. The number of phenolic OH excluding ortho intramolecular Hbond substituents is 1. The SMILES string of the molecule is O=C(O)c1cc(O)ccc1[O-].OCCNCCO. The van der Waals surface area contributed by atoms with E-state index in [0.717, 1.165) is 18.2 Å². The third-order valence-corrected chi connectivity index (χ3v) is 1.77. The molecule has 0 spiro atoms. The summed E-state index contributed by atoms with van der Waals surface area (Å²) in [7, 11) is 0. The fourth-order valence-corrected chi connectivity index (χ4v) is 0.968. The van der Waals surface area contributed by atoms with E-state index in [4.69, 9.17) is 20.4 Å². The van der Waals surface area contributed by atoms with E-state index in [2.05, 4.69) is 5.32 Å². The zero-order valence-corrected chi connectivity index (χ0v) is 9.67. The third kappa shape index (κ3) is 6.69. The molecule has 18 heavy (non-hydrogen) atoms. The van der Waals surface area contributed by atoms with E-state index in [1.165, 1.54) is 0 Å². The molecule has 0 aliphatic rings. The molecule has 0 saturated heterocycles. The molecule has 0 aliphatic carbocycles. The van der Waals surface area contributed by atoms with E-state index in [0.29, 0.717) is 13.1 Å². The van der Waals surface area contributed by atoms with E-state index >= 15 is 0 Å². The summed E-state index contributed by atoms with van der Waals surface area (Å²) < 4.78 is 0. The molecule has 102 valence electrons. The topological polar surface area (TPSA) is 133 Å². The van der Waals surface area contributed by atoms with Crippen molar-refractivity contribution in [2.24, 2.45) is 0 Å². The Morgan fingerprint density at radius 3 is 2.17 bits per heavy atom. The van der Waals surface area contributed by atoms with Gasteiger partial charge in [0.1, 0.15) is 5.75 Å². The lowest BCUT2D eigenvalue weighted by Crippen LogP contribution is -2.21. The Labute approximate surface area is 104 Å². The van der Waals surface area contributed by atoms with Gasteiger partial charge in [0.05, 0.1) is 18.8 Å². The fraction of sp³-hybridized carbons (Fsp3) is 0.364. The smallest absolute Gasteiger partial charge is 0.335 e. The summed E-state index contributed by atoms with van der Waals surface area (Å²) in [5, 5.41) is 47.0. The van der Waals surface area contributed by atoms with Gasteiger partial charge < -0.3 is 30.8 Å². The standard InChI is InChI=1S/C7H6O4.C4H11NO2/c8-4-1-2-6(9)5(3-4)7(10)11;6-3-1-5-2-4-7/h1-3,8-9H,(H,10,11);5-7H,1-4H2/p-1. The van der Waals surface area contributed by atoms with Gasteiger partial charge in [-0.1, -0.05) is 11.8 Å². The molecule has 0 radical (unpaired) electrons. The van der Waals surface area contributed by atoms with Gasteiger partial charge in [0.25, 0.3) is 0 Å². The summed E-state index contributed by atoms with van der Waals surface area (Å²) in [6, 6.07) is 3.08. The summed E-state index contributed by atoms with van der Waals surface area (Å²) in [6.45, 7) is 1.42. The molecule has 5 N–H and O–H groups in total. The highest BCUT2D eigenvalue weighted by Crippen LogP contribution is 2.19. The zero-order chi connectivity index (χ0) is 14.0. The predicted molar refractivity (Wildman–Crippen MR) is 61.6 cm³/mol. The minimum Gasteiger partial charge on any atom is -0.872 e. The van der Waals surface area contributed by atoms with Crippen molar-refractivity contribution >= 4 is 5.97 Å². The average Bonchev–Trinajstić information content (AvgIpc) is 2.33. The maximum absolute atomic E-state index is 10.7. The number of benzene rings is 1. The van der Waals surface area contributed by atoms with Gasteiger partial charge in [0.2, 0.25) is 0 Å². The lowest BCUT2D eigenvalue weighted by atomic mass is 10.2. The quantitative estimate of drug-likeness (QED) is 0.415. The number of hydrogen-bond acceptors (Lipinski definition) is 6. The summed E-state index contributed by atoms with van der Waals surface area (Å²) in [4.78, 5) is 10.3. The molecule has 7 nitrogen and oxygen atoms in total. The van der Waals surface area contributed by atoms with Crippen molar-refractivity contribution < 1.29 is 30.3 Å². The van der Waals surface area contributed by atoms with Crippen LogP contribution in [-0.4, -0.2) is 52.7 Å². The molecular weight excluding hydrogens is 242 g/mol. The summed E-state index contributed by atoms with van der Waals surface area (Å²) in [5.41, 5.74) is -0.412. The van der Waals surface area contributed by atoms with Crippen molar-refractivity contribution in [3.63, 3.8) is 0 Å². The molecule has 0 amide bonds. The first-order valence-corrected chi connectivity index (χ1v) is 5.18. The molecule has 1 aromatic rings. The Kier molecular flexibility index (Phi) is 8.29. The van der Waals surface area contributed by atoms with Gasteiger partial charge in [-0.25, -0.2) is 4.79 Å². The van der Waals surface area contributed by atoms with Crippen LogP contribution in [0.15, 0.2) is 18.2 Å². The van der Waals surface area contributed by atoms with Crippen LogP contribution in [0.3, 0.4) is 0 Å². The van der Waals surface area contributed by atoms with Gasteiger partial charge in [-0.3, -0.25) is 0 Å². The summed E-state index contributed by atoms with van der Waals surface area (Å²) in [5.74, 6) is -2.15. The van der Waals surface area contributed by atoms with E-state index in [9.17, 15) is 9.90 Å². The number of carboxylic acid groups (broad SMARTS) is 1. The Morgan fingerprint density at radius 1 is 1.22 bits per heavy atom. The molecule has 0 unspecified atom stereocenters. The number of aromatic hydroxyl groups is 1. The average molecular weight is 258 g/mol. The van der Waals surface area contributed by atoms with Crippen LogP contribution in [0.4, 0.5) is 0 Å². The first-order valence-electron chi connectivity index (χ1n) is 5.18. The van der Waals surface area contributed by atoms with Crippen molar-refractivity contribution in [2.45, 2.75) is 0 Å². The Hall–Kier alpha value is -1.83. The van der Waals surface area contributed by atoms with Crippen molar-refractivity contribution in [3.8, 4) is 11.5 Å². The Morgan fingerprint density at radius 2 is 1.78 bits per heavy atom. The van der Waals surface area contributed by atoms with Crippen molar-refractivity contribution in [3.05, 3.63) is 23.8 Å². The van der Waals surface area contributed by atoms with E-state index < -0.39 is 17.3 Å². The monoisotopic (exact) mass is 258 g/mol. The fourth-order valence-electron chi connectivity index (χ4n) is 0.968. The summed E-state index contributed by atoms with van der Waals surface area (Å²) >= 11 is 0. The van der Waals surface area contributed by atoms with E-state index in [-0.39, 0.29) is 19.0 Å². The molecule has 0 aromatic heterocycles. The minimum absolute atomic E-state index is 0.139. The van der Waals surface area contributed by atoms with Crippen LogP contribution in [0.2, 0.25) is 0 Å². The number of carboxylic acids is 1. The molecular formula is C11H16NO6-. The number of rotatable bonds is 5. The van der Waals surface area contributed by atoms with Crippen LogP contribution in [0.5, 0.6) is 11.5 Å². The molecule has 7 heteroatoms. The highest BCUT2D eigenvalue weighted by molar-refractivity contribution is 5.90. The van der Waals surface area contributed by atoms with Crippen LogP contribution in [0.25, 0.3) is 0 Å². The lowest BCUT2D eigenvalue weighted by molar-refractivity contribution is -0.268. The first-order chi connectivity index (χ1) is 8.52. The number of carbonyl (C=O) groups is 1. The molecule has 0 aliphatic heterocycles. The molecule has 0 heterocycles. The number of aliphatic hydroxyl groups excluding tert-OH is 2. The number of aromatic carboxylic acids is 1. The van der Waals surface area contributed by atoms with Gasteiger partial charge in [-0.05, 0) is 12.1 Å². The molecule has 0 saturated carbocycles. The third-order valence-electron chi connectivity index (χ3n) is 1.77. The Balaban J connectivity index is 0.000000360. The molecule has 0 atom stereocenters. The van der Waals surface area contributed by atoms with Gasteiger partial charge in [0, 0.05) is 13.1 Å². The molecule has 0 fully saturated rings. The highest BCUT2D eigenvalue weighted by Gasteiger charge is 2.03. The maximum atomic E-state index is 10.7. The second kappa shape index (κ2) is 9.23. The zero-order valence-electron chi connectivity index (χ0n) is 9.67. The molecule has 1 aromatic carbocycles. The summed E-state index contributed by atoms with van der Waals surface area (Å²) in [6.07, 6.45) is 0. The van der Waals surface area contributed by atoms with Crippen molar-refractivity contribution in [2.75, 3.05) is 26.3 Å². The van der Waals surface area contributed by atoms with E-state index in [1.54, 1.807) is 0 Å². The number of aliphatic hydroxyl groups is 2. The molecule has 0 bridgehead atoms. The van der Waals surface area contributed by atoms with Crippen molar-refractivity contribution in [1.82, 2.24) is 5.32 Å². The number of nitrogens with one attached hydrogen (secondary N) is 1. The van der Waals surface area contributed by atoms with Crippen LogP contribution in [-0.2, 0) is 0 Å². The van der Waals surface area contributed by atoms with Crippen LogP contribution in [0.1, 0.15) is 10.4 Å². The number of hydrogen-bond donors (Lipinski definition) is 5. The normalized spacial score (nSPS) is 9.44. The second-order valence-corrected chi connectivity index (χ2v) is 3.18. The number of phenols is 1. The largest absolute Gasteiger partial charge is 0.872 e. The minimum atomic E-state index is -1.33. The van der Waals surface area contributed by atoms with Gasteiger partial charge in [-0.2, -0.15) is 0 Å². The lowest BCUT2D eigenvalue weighted by Gasteiger charge is -2.08. The van der Waals surface area contributed by atoms with Crippen LogP contribution in [0, 0.1) is 0 Å². The van der Waals surface area contributed by atoms with Gasteiger partial charge in [0.15, 0.2) is 0 Å². The maximum Gasteiger partial charge on any atom is 0.335 e.